The van der Waals surface area contributed by atoms with Crippen LogP contribution in [0.15, 0.2) is 30.6 Å². The van der Waals surface area contributed by atoms with Gasteiger partial charge in [-0.05, 0) is 37.5 Å². The normalized spacial score (nSPS) is 15.1. The fourth-order valence-electron chi connectivity index (χ4n) is 1.77. The van der Waals surface area contributed by atoms with E-state index in [1.165, 1.54) is 12.8 Å². The molecule has 1 fully saturated rings. The van der Waals surface area contributed by atoms with Crippen molar-refractivity contribution in [3.8, 4) is 5.82 Å². The van der Waals surface area contributed by atoms with Crippen molar-refractivity contribution in [2.75, 3.05) is 0 Å². The minimum absolute atomic E-state index is 0.715. The zero-order valence-electron chi connectivity index (χ0n) is 9.93. The van der Waals surface area contributed by atoms with Gasteiger partial charge in [-0.1, -0.05) is 6.07 Å². The van der Waals surface area contributed by atoms with Crippen LogP contribution in [0.2, 0.25) is 0 Å². The van der Waals surface area contributed by atoms with Gasteiger partial charge in [-0.15, -0.1) is 0 Å². The number of nitrogens with one attached hydrogen (secondary N) is 1. The van der Waals surface area contributed by atoms with Crippen molar-refractivity contribution in [3.63, 3.8) is 0 Å². The summed E-state index contributed by atoms with van der Waals surface area (Å²) in [7, 11) is 0. The topological polar surface area (TPSA) is 42.7 Å². The predicted molar refractivity (Wildman–Crippen MR) is 66.0 cm³/mol. The molecule has 1 aliphatic carbocycles. The maximum atomic E-state index is 4.59. The van der Waals surface area contributed by atoms with Gasteiger partial charge in [0.15, 0.2) is 5.82 Å². The second-order valence-electron chi connectivity index (χ2n) is 4.60. The van der Waals surface area contributed by atoms with E-state index in [4.69, 9.17) is 0 Å². The maximum absolute atomic E-state index is 4.59. The molecule has 3 rings (SSSR count). The Hall–Kier alpha value is -1.68. The van der Waals surface area contributed by atoms with E-state index in [0.717, 1.165) is 23.6 Å². The lowest BCUT2D eigenvalue weighted by Gasteiger charge is -2.05. The van der Waals surface area contributed by atoms with E-state index in [9.17, 15) is 0 Å². The molecule has 88 valence electrons. The highest BCUT2D eigenvalue weighted by Gasteiger charge is 2.20. The van der Waals surface area contributed by atoms with E-state index in [0.29, 0.717) is 6.04 Å². The molecule has 1 N–H and O–H groups in total. The van der Waals surface area contributed by atoms with E-state index in [1.807, 2.05) is 36.1 Å². The number of pyridine rings is 1. The third-order valence-corrected chi connectivity index (χ3v) is 2.89. The fourth-order valence-corrected chi connectivity index (χ4v) is 1.77. The summed E-state index contributed by atoms with van der Waals surface area (Å²) in [5.41, 5.74) is 2.22. The van der Waals surface area contributed by atoms with Gasteiger partial charge in [-0.3, -0.25) is 0 Å². The molecule has 0 bridgehead atoms. The summed E-state index contributed by atoms with van der Waals surface area (Å²) in [4.78, 5) is 4.59. The number of nitrogens with zero attached hydrogens (tertiary/aromatic N) is 3. The monoisotopic (exact) mass is 228 g/mol. The van der Waals surface area contributed by atoms with Crippen LogP contribution in [0.25, 0.3) is 5.82 Å². The molecule has 0 unspecified atom stereocenters. The van der Waals surface area contributed by atoms with Crippen molar-refractivity contribution in [1.29, 1.82) is 0 Å². The minimum Gasteiger partial charge on any atom is -0.308 e. The van der Waals surface area contributed by atoms with Crippen molar-refractivity contribution in [1.82, 2.24) is 20.1 Å². The summed E-state index contributed by atoms with van der Waals surface area (Å²) in [6.07, 6.45) is 6.44. The molecule has 2 aromatic rings. The Balaban J connectivity index is 1.77. The van der Waals surface area contributed by atoms with Gasteiger partial charge in [0.1, 0.15) is 0 Å². The second kappa shape index (κ2) is 4.30. The van der Waals surface area contributed by atoms with Crippen LogP contribution in [0.1, 0.15) is 24.1 Å². The van der Waals surface area contributed by atoms with Crippen molar-refractivity contribution < 1.29 is 0 Å². The average molecular weight is 228 g/mol. The van der Waals surface area contributed by atoms with Crippen LogP contribution in [0.4, 0.5) is 0 Å². The van der Waals surface area contributed by atoms with Gasteiger partial charge in [0, 0.05) is 18.8 Å². The van der Waals surface area contributed by atoms with Gasteiger partial charge in [-0.25, -0.2) is 9.67 Å². The first-order chi connectivity index (χ1) is 8.31. The fraction of sp³-hybridized carbons (Fsp3) is 0.385. The van der Waals surface area contributed by atoms with E-state index in [1.54, 1.807) is 0 Å². The zero-order chi connectivity index (χ0) is 11.7. The summed E-state index contributed by atoms with van der Waals surface area (Å²) in [6, 6.07) is 6.78. The van der Waals surface area contributed by atoms with Gasteiger partial charge in [0.2, 0.25) is 0 Å². The number of aromatic nitrogens is 3. The Labute approximate surface area is 101 Å². The number of hydrogen-bond acceptors (Lipinski definition) is 3. The molecule has 0 aromatic carbocycles. The van der Waals surface area contributed by atoms with Crippen LogP contribution in [0.3, 0.4) is 0 Å². The summed E-state index contributed by atoms with van der Waals surface area (Å²) in [5.74, 6) is 0.883. The Bertz CT molecular complexity index is 514. The maximum Gasteiger partial charge on any atom is 0.153 e. The summed E-state index contributed by atoms with van der Waals surface area (Å²) < 4.78 is 1.82. The minimum atomic E-state index is 0.715. The second-order valence-corrected chi connectivity index (χ2v) is 4.60. The molecule has 1 saturated carbocycles. The third-order valence-electron chi connectivity index (χ3n) is 2.89. The molecule has 0 radical (unpaired) electrons. The molecule has 0 atom stereocenters. The van der Waals surface area contributed by atoms with Crippen molar-refractivity contribution >= 4 is 0 Å². The summed E-state index contributed by atoms with van der Waals surface area (Å²) in [6.45, 7) is 2.88. The van der Waals surface area contributed by atoms with E-state index in [-0.39, 0.29) is 0 Å². The molecule has 0 aliphatic heterocycles. The third kappa shape index (κ3) is 2.53. The van der Waals surface area contributed by atoms with Crippen molar-refractivity contribution in [2.24, 2.45) is 0 Å². The van der Waals surface area contributed by atoms with Crippen molar-refractivity contribution in [2.45, 2.75) is 32.4 Å². The first-order valence-corrected chi connectivity index (χ1v) is 6.02. The molecular weight excluding hydrogens is 212 g/mol. The van der Waals surface area contributed by atoms with Gasteiger partial charge >= 0.3 is 0 Å². The smallest absolute Gasteiger partial charge is 0.153 e. The zero-order valence-corrected chi connectivity index (χ0v) is 9.93. The lowest BCUT2D eigenvalue weighted by atomic mass is 10.3. The number of aryl methyl sites for hydroxylation is 1. The van der Waals surface area contributed by atoms with Crippen LogP contribution in [-0.4, -0.2) is 20.8 Å². The molecule has 17 heavy (non-hydrogen) atoms. The molecule has 2 aromatic heterocycles. The molecule has 4 heteroatoms. The van der Waals surface area contributed by atoms with E-state index >= 15 is 0 Å². The van der Waals surface area contributed by atoms with Gasteiger partial charge in [0.25, 0.3) is 0 Å². The number of hydrogen-bond donors (Lipinski definition) is 1. The molecule has 1 aliphatic rings. The lowest BCUT2D eigenvalue weighted by molar-refractivity contribution is 0.670. The van der Waals surface area contributed by atoms with Crippen LogP contribution in [0, 0.1) is 6.92 Å². The Morgan fingerprint density at radius 1 is 1.41 bits per heavy atom. The first-order valence-electron chi connectivity index (χ1n) is 6.02. The van der Waals surface area contributed by atoms with Gasteiger partial charge in [-0.2, -0.15) is 5.10 Å². The van der Waals surface area contributed by atoms with E-state index < -0.39 is 0 Å². The van der Waals surface area contributed by atoms with Crippen LogP contribution in [0.5, 0.6) is 0 Å². The highest BCUT2D eigenvalue weighted by Crippen LogP contribution is 2.19. The Kier molecular flexibility index (Phi) is 2.65. The highest BCUT2D eigenvalue weighted by molar-refractivity contribution is 5.24. The molecule has 2 heterocycles. The van der Waals surface area contributed by atoms with Crippen LogP contribution >= 0.6 is 0 Å². The standard InChI is InChI=1S/C13H16N4/c1-10-7-15-17(9-10)13-4-2-3-12(16-13)8-14-11-5-6-11/h2-4,7,9,11,14H,5-6,8H2,1H3. The highest BCUT2D eigenvalue weighted by atomic mass is 15.3. The lowest BCUT2D eigenvalue weighted by Crippen LogP contribution is -2.16. The average Bonchev–Trinajstić information content (AvgIpc) is 3.08. The Morgan fingerprint density at radius 2 is 2.29 bits per heavy atom. The van der Waals surface area contributed by atoms with E-state index in [2.05, 4.69) is 21.5 Å². The van der Waals surface area contributed by atoms with Crippen molar-refractivity contribution in [3.05, 3.63) is 41.9 Å². The quantitative estimate of drug-likeness (QED) is 0.868. The largest absolute Gasteiger partial charge is 0.308 e. The molecule has 4 nitrogen and oxygen atoms in total. The van der Waals surface area contributed by atoms with Crippen LogP contribution in [-0.2, 0) is 6.54 Å². The molecule has 0 saturated heterocycles. The van der Waals surface area contributed by atoms with Gasteiger partial charge in [0.05, 0.1) is 11.9 Å². The first kappa shape index (κ1) is 10.5. The van der Waals surface area contributed by atoms with Crippen LogP contribution < -0.4 is 5.32 Å². The Morgan fingerprint density at radius 3 is 3.00 bits per heavy atom. The molecule has 0 amide bonds. The summed E-state index contributed by atoms with van der Waals surface area (Å²) in [5, 5.41) is 7.73. The predicted octanol–water partition coefficient (Wildman–Crippen LogP) is 1.83. The van der Waals surface area contributed by atoms with Gasteiger partial charge < -0.3 is 5.32 Å². The molecular formula is C13H16N4. The molecule has 0 spiro atoms. The summed E-state index contributed by atoms with van der Waals surface area (Å²) >= 11 is 0. The number of rotatable bonds is 4. The SMILES string of the molecule is Cc1cnn(-c2cccc(CNC3CC3)n2)c1.